The summed E-state index contributed by atoms with van der Waals surface area (Å²) in [5, 5.41) is 11.7. The molecule has 1 aliphatic rings. The van der Waals surface area contributed by atoms with E-state index in [-0.39, 0.29) is 16.4 Å². The van der Waals surface area contributed by atoms with Crippen LogP contribution in [-0.2, 0) is 10.3 Å². The van der Waals surface area contributed by atoms with E-state index in [1.807, 2.05) is 0 Å². The third-order valence-electron chi connectivity index (χ3n) is 4.37. The van der Waals surface area contributed by atoms with E-state index in [0.717, 1.165) is 6.07 Å². The lowest BCUT2D eigenvalue weighted by atomic mass is 9.89. The third kappa shape index (κ3) is 3.75. The molecule has 0 saturated carbocycles. The van der Waals surface area contributed by atoms with E-state index >= 15 is 0 Å². The van der Waals surface area contributed by atoms with Gasteiger partial charge in [0.2, 0.25) is 0 Å². The van der Waals surface area contributed by atoms with Crippen molar-refractivity contribution < 1.29 is 37.3 Å². The van der Waals surface area contributed by atoms with Crippen LogP contribution < -0.4 is 15.0 Å². The Morgan fingerprint density at radius 3 is 2.48 bits per heavy atom. The molecule has 1 unspecified atom stereocenters. The summed E-state index contributed by atoms with van der Waals surface area (Å²) in [5.41, 5.74) is -4.02. The Balaban J connectivity index is 2.15. The van der Waals surface area contributed by atoms with E-state index in [4.69, 9.17) is 21.1 Å². The number of methoxy groups -OCH3 is 1. The van der Waals surface area contributed by atoms with Gasteiger partial charge in [0, 0.05) is 16.3 Å². The number of hydrogen-bond donors (Lipinski definition) is 2. The molecule has 11 heteroatoms. The van der Waals surface area contributed by atoms with E-state index < -0.39 is 36.1 Å². The molecule has 2 aromatic rings. The highest BCUT2D eigenvalue weighted by atomic mass is 35.5. The van der Waals surface area contributed by atoms with E-state index in [0.29, 0.717) is 10.6 Å². The number of carboxylic acid groups (broad SMARTS) is 1. The number of alkyl halides is 3. The number of carbonyl (C=O) groups excluding carboxylic acids is 1. The van der Waals surface area contributed by atoms with Gasteiger partial charge in [-0.25, -0.2) is 9.59 Å². The molecule has 2 amide bonds. The fraction of sp³-hybridized carbons (Fsp3) is 0.222. The monoisotopic (exact) mass is 430 g/mol. The fourth-order valence-electron chi connectivity index (χ4n) is 2.98. The van der Waals surface area contributed by atoms with Crippen LogP contribution >= 0.6 is 11.6 Å². The lowest BCUT2D eigenvalue weighted by Gasteiger charge is -2.41. The number of hydrogen-bond acceptors (Lipinski definition) is 4. The van der Waals surface area contributed by atoms with Crippen molar-refractivity contribution in [1.29, 1.82) is 0 Å². The largest absolute Gasteiger partial charge is 0.497 e. The van der Waals surface area contributed by atoms with Crippen LogP contribution in [0.25, 0.3) is 0 Å². The molecule has 3 rings (SSSR count). The van der Waals surface area contributed by atoms with Crippen molar-refractivity contribution in [3.63, 3.8) is 0 Å². The predicted molar refractivity (Wildman–Crippen MR) is 97.7 cm³/mol. The van der Waals surface area contributed by atoms with Gasteiger partial charge >= 0.3 is 18.4 Å². The second kappa shape index (κ2) is 7.36. The Kier molecular flexibility index (Phi) is 5.22. The summed E-state index contributed by atoms with van der Waals surface area (Å²) >= 11 is 5.86. The molecule has 1 heterocycles. The zero-order valence-electron chi connectivity index (χ0n) is 14.8. The molecular formula is C18H14ClF3N2O5. The fourth-order valence-corrected chi connectivity index (χ4v) is 3.15. The van der Waals surface area contributed by atoms with E-state index in [2.05, 4.69) is 5.32 Å². The van der Waals surface area contributed by atoms with Crippen LogP contribution in [0, 0.1) is 0 Å². The molecule has 1 aliphatic heterocycles. The van der Waals surface area contributed by atoms with Crippen LogP contribution in [0.2, 0.25) is 5.02 Å². The van der Waals surface area contributed by atoms with Crippen molar-refractivity contribution in [2.75, 3.05) is 23.9 Å². The normalized spacial score (nSPS) is 18.3. The number of ether oxygens (including phenoxy) is 2. The van der Waals surface area contributed by atoms with Crippen LogP contribution in [0.15, 0.2) is 42.5 Å². The maximum Gasteiger partial charge on any atom is 0.434 e. The average Bonchev–Trinajstić information content (AvgIpc) is 2.65. The molecule has 1 atom stereocenters. The molecule has 2 aromatic carbocycles. The number of fused-ring (bicyclic) bond motifs is 1. The smallest absolute Gasteiger partial charge is 0.434 e. The second-order valence-electron chi connectivity index (χ2n) is 6.10. The van der Waals surface area contributed by atoms with Gasteiger partial charge in [-0.05, 0) is 42.5 Å². The van der Waals surface area contributed by atoms with Crippen molar-refractivity contribution in [3.05, 3.63) is 53.1 Å². The van der Waals surface area contributed by atoms with E-state index in [1.54, 1.807) is 0 Å². The molecule has 0 bridgehead atoms. The lowest BCUT2D eigenvalue weighted by Crippen LogP contribution is -2.57. The van der Waals surface area contributed by atoms with Gasteiger partial charge in [-0.15, -0.1) is 0 Å². The number of amides is 2. The summed E-state index contributed by atoms with van der Waals surface area (Å²) in [6, 6.07) is 8.81. The highest BCUT2D eigenvalue weighted by Gasteiger charge is 2.63. The van der Waals surface area contributed by atoms with Crippen molar-refractivity contribution >= 4 is 35.2 Å². The number of anilines is 2. The van der Waals surface area contributed by atoms with Gasteiger partial charge in [0.25, 0.3) is 5.60 Å². The number of rotatable bonds is 4. The lowest BCUT2D eigenvalue weighted by molar-refractivity contribution is -0.260. The number of benzene rings is 2. The summed E-state index contributed by atoms with van der Waals surface area (Å²) in [5.74, 6) is 0.384. The van der Waals surface area contributed by atoms with Crippen molar-refractivity contribution in [2.24, 2.45) is 0 Å². The third-order valence-corrected chi connectivity index (χ3v) is 4.61. The molecule has 0 aliphatic carbocycles. The van der Waals surface area contributed by atoms with Crippen LogP contribution in [0.4, 0.5) is 34.1 Å². The zero-order valence-corrected chi connectivity index (χ0v) is 15.5. The average molecular weight is 431 g/mol. The van der Waals surface area contributed by atoms with Gasteiger partial charge in [0.05, 0.1) is 19.3 Å². The Morgan fingerprint density at radius 2 is 1.93 bits per heavy atom. The number of carbonyl (C=O) groups is 2. The molecule has 29 heavy (non-hydrogen) atoms. The van der Waals surface area contributed by atoms with Gasteiger partial charge in [-0.1, -0.05) is 11.6 Å². The topological polar surface area (TPSA) is 88.1 Å². The molecular weight excluding hydrogens is 417 g/mol. The van der Waals surface area contributed by atoms with Crippen LogP contribution in [0.3, 0.4) is 0 Å². The summed E-state index contributed by atoms with van der Waals surface area (Å²) in [6.45, 7) is -1.24. The van der Waals surface area contributed by atoms with Gasteiger partial charge < -0.3 is 14.6 Å². The van der Waals surface area contributed by atoms with Gasteiger partial charge in [-0.3, -0.25) is 10.2 Å². The minimum atomic E-state index is -5.15. The van der Waals surface area contributed by atoms with Crippen molar-refractivity contribution in [1.82, 2.24) is 0 Å². The maximum absolute atomic E-state index is 14.3. The molecule has 7 nitrogen and oxygen atoms in total. The second-order valence-corrected chi connectivity index (χ2v) is 6.53. The number of nitrogens with zero attached hydrogens (tertiary/aromatic N) is 1. The Morgan fingerprint density at radius 1 is 1.28 bits per heavy atom. The standard InChI is InChI=1S/C18H14ClF3N2O5/c1-28-12-5-3-11(4-6-12)24(16(26)27)9-17(18(20,21)22)13-8-10(19)2-7-14(13)23-15(25)29-17/h2-8H,9H2,1H3,(H,23,25)(H,26,27). The Labute approximate surface area is 167 Å². The number of halogens is 4. The summed E-state index contributed by atoms with van der Waals surface area (Å²) in [6.07, 6.45) is -8.18. The minimum Gasteiger partial charge on any atom is -0.497 e. The van der Waals surface area contributed by atoms with Gasteiger partial charge in [-0.2, -0.15) is 13.2 Å². The summed E-state index contributed by atoms with van der Waals surface area (Å²) in [4.78, 5) is 24.1. The van der Waals surface area contributed by atoms with Crippen LogP contribution in [-0.4, -0.2) is 37.1 Å². The highest BCUT2D eigenvalue weighted by Crippen LogP contribution is 2.49. The molecule has 154 valence electrons. The summed E-state index contributed by atoms with van der Waals surface area (Å²) in [7, 11) is 1.39. The molecule has 0 aromatic heterocycles. The first kappa shape index (κ1) is 20.6. The number of cyclic esters (lactones) is 1. The number of nitrogens with one attached hydrogen (secondary N) is 1. The summed E-state index contributed by atoms with van der Waals surface area (Å²) < 4.78 is 52.4. The molecule has 0 spiro atoms. The zero-order chi connectivity index (χ0) is 21.4. The first-order valence-corrected chi connectivity index (χ1v) is 8.46. The van der Waals surface area contributed by atoms with Gasteiger partial charge in [0.1, 0.15) is 5.75 Å². The molecule has 0 radical (unpaired) electrons. The van der Waals surface area contributed by atoms with Crippen molar-refractivity contribution in [3.8, 4) is 5.75 Å². The van der Waals surface area contributed by atoms with Crippen molar-refractivity contribution in [2.45, 2.75) is 11.8 Å². The van der Waals surface area contributed by atoms with Crippen LogP contribution in [0.5, 0.6) is 5.75 Å². The maximum atomic E-state index is 14.3. The van der Waals surface area contributed by atoms with E-state index in [1.165, 1.54) is 43.5 Å². The highest BCUT2D eigenvalue weighted by molar-refractivity contribution is 6.30. The molecule has 0 saturated heterocycles. The first-order valence-electron chi connectivity index (χ1n) is 8.08. The van der Waals surface area contributed by atoms with Crippen LogP contribution in [0.1, 0.15) is 5.56 Å². The quantitative estimate of drug-likeness (QED) is 0.723. The Hall–Kier alpha value is -3.14. The molecule has 0 fully saturated rings. The Bertz CT molecular complexity index is 952. The first-order chi connectivity index (χ1) is 13.6. The SMILES string of the molecule is COc1ccc(N(CC2(C(F)(F)F)OC(=O)Nc3ccc(Cl)cc32)C(=O)O)cc1. The molecule has 2 N–H and O–H groups in total. The minimum absolute atomic E-state index is 0.0385. The van der Waals surface area contributed by atoms with E-state index in [9.17, 15) is 27.9 Å². The predicted octanol–water partition coefficient (Wildman–Crippen LogP) is 4.85. The van der Waals surface area contributed by atoms with Gasteiger partial charge in [0.15, 0.2) is 0 Å².